The monoisotopic (exact) mass is 256 g/mol. The van der Waals surface area contributed by atoms with E-state index in [-0.39, 0.29) is 11.9 Å². The van der Waals surface area contributed by atoms with Crippen LogP contribution in [0.1, 0.15) is 22.5 Å². The zero-order valence-corrected chi connectivity index (χ0v) is 10.5. The Morgan fingerprint density at radius 3 is 2.89 bits per heavy atom. The van der Waals surface area contributed by atoms with Crippen LogP contribution in [0.2, 0.25) is 0 Å². The van der Waals surface area contributed by atoms with Gasteiger partial charge in [0.1, 0.15) is 6.04 Å². The van der Waals surface area contributed by atoms with Crippen LogP contribution in [0, 0.1) is 17.2 Å². The second kappa shape index (κ2) is 4.43. The van der Waals surface area contributed by atoms with E-state index in [2.05, 4.69) is 11.4 Å². The molecule has 1 fully saturated rings. The zero-order valence-electron chi connectivity index (χ0n) is 9.72. The minimum absolute atomic E-state index is 0.130. The highest BCUT2D eigenvalue weighted by atomic mass is 32.1. The van der Waals surface area contributed by atoms with Gasteiger partial charge in [-0.25, -0.2) is 0 Å². The molecule has 2 aromatic rings. The Balaban J connectivity index is 1.81. The van der Waals surface area contributed by atoms with E-state index in [1.807, 2.05) is 30.3 Å². The van der Waals surface area contributed by atoms with Crippen LogP contribution in [0.5, 0.6) is 0 Å². The van der Waals surface area contributed by atoms with Gasteiger partial charge in [0.05, 0.1) is 10.9 Å². The van der Waals surface area contributed by atoms with Crippen molar-refractivity contribution >= 4 is 27.3 Å². The fraction of sp³-hybridized carbons (Fsp3) is 0.286. The van der Waals surface area contributed by atoms with Gasteiger partial charge in [0, 0.05) is 4.70 Å². The predicted molar refractivity (Wildman–Crippen MR) is 71.4 cm³/mol. The molecule has 1 aromatic carbocycles. The Morgan fingerprint density at radius 1 is 1.44 bits per heavy atom. The average molecular weight is 256 g/mol. The maximum atomic E-state index is 12.1. The summed E-state index contributed by atoms with van der Waals surface area (Å²) in [6, 6.07) is 11.6. The lowest BCUT2D eigenvalue weighted by Gasteiger charge is -2.08. The van der Waals surface area contributed by atoms with Gasteiger partial charge in [0.15, 0.2) is 0 Å². The van der Waals surface area contributed by atoms with Crippen molar-refractivity contribution in [2.45, 2.75) is 18.9 Å². The van der Waals surface area contributed by atoms with Gasteiger partial charge < -0.3 is 5.32 Å². The summed E-state index contributed by atoms with van der Waals surface area (Å²) in [5.74, 6) is 0.225. The minimum Gasteiger partial charge on any atom is -0.335 e. The molecule has 1 saturated carbocycles. The number of fused-ring (bicyclic) bond motifs is 1. The lowest BCUT2D eigenvalue weighted by molar-refractivity contribution is 0.0946. The predicted octanol–water partition coefficient (Wildman–Crippen LogP) is 2.93. The summed E-state index contributed by atoms with van der Waals surface area (Å²) in [6.07, 6.45) is 2.09. The van der Waals surface area contributed by atoms with Crippen molar-refractivity contribution in [3.63, 3.8) is 0 Å². The van der Waals surface area contributed by atoms with Crippen LogP contribution in [0.15, 0.2) is 30.3 Å². The van der Waals surface area contributed by atoms with Gasteiger partial charge in [0.25, 0.3) is 5.91 Å². The van der Waals surface area contributed by atoms with Crippen molar-refractivity contribution in [2.75, 3.05) is 0 Å². The highest BCUT2D eigenvalue weighted by Crippen LogP contribution is 2.33. The van der Waals surface area contributed by atoms with Gasteiger partial charge in [-0.1, -0.05) is 18.2 Å². The van der Waals surface area contributed by atoms with E-state index in [0.717, 1.165) is 22.9 Å². The number of nitriles is 1. The summed E-state index contributed by atoms with van der Waals surface area (Å²) < 4.78 is 1.10. The summed E-state index contributed by atoms with van der Waals surface area (Å²) in [5.41, 5.74) is 0. The first kappa shape index (κ1) is 11.2. The number of nitrogens with one attached hydrogen (secondary N) is 1. The fourth-order valence-corrected chi connectivity index (χ4v) is 2.96. The Bertz CT molecular complexity index is 604. The zero-order chi connectivity index (χ0) is 12.5. The largest absolute Gasteiger partial charge is 0.335 e. The van der Waals surface area contributed by atoms with Gasteiger partial charge in [-0.3, -0.25) is 4.79 Å². The number of amides is 1. The summed E-state index contributed by atoms with van der Waals surface area (Å²) in [5, 5.41) is 12.9. The molecule has 0 radical (unpaired) electrons. The van der Waals surface area contributed by atoms with Gasteiger partial charge in [0.2, 0.25) is 0 Å². The lowest BCUT2D eigenvalue weighted by atomic mass is 10.2. The molecule has 90 valence electrons. The third kappa shape index (κ3) is 2.09. The van der Waals surface area contributed by atoms with Gasteiger partial charge in [-0.2, -0.15) is 5.26 Å². The molecule has 3 nitrogen and oxygen atoms in total. The summed E-state index contributed by atoms with van der Waals surface area (Å²) in [6.45, 7) is 0. The number of rotatable bonds is 3. The number of benzene rings is 1. The maximum absolute atomic E-state index is 12.1. The lowest BCUT2D eigenvalue weighted by Crippen LogP contribution is -2.34. The van der Waals surface area contributed by atoms with E-state index in [9.17, 15) is 4.79 Å². The SMILES string of the molecule is N#CC(NC(=O)c1cc2ccccc2s1)C1CC1. The molecule has 1 heterocycles. The first-order valence-corrected chi connectivity index (χ1v) is 6.78. The molecule has 18 heavy (non-hydrogen) atoms. The topological polar surface area (TPSA) is 52.9 Å². The van der Waals surface area contributed by atoms with Crippen molar-refractivity contribution in [3.8, 4) is 6.07 Å². The molecule has 1 aromatic heterocycles. The van der Waals surface area contributed by atoms with Crippen molar-refractivity contribution in [2.24, 2.45) is 5.92 Å². The first-order chi connectivity index (χ1) is 8.78. The molecule has 0 aliphatic heterocycles. The number of hydrogen-bond acceptors (Lipinski definition) is 3. The Hall–Kier alpha value is -1.86. The van der Waals surface area contributed by atoms with Crippen LogP contribution in [-0.2, 0) is 0 Å². The summed E-state index contributed by atoms with van der Waals surface area (Å²) in [7, 11) is 0. The molecule has 1 N–H and O–H groups in total. The van der Waals surface area contributed by atoms with E-state index in [4.69, 9.17) is 5.26 Å². The van der Waals surface area contributed by atoms with Gasteiger partial charge >= 0.3 is 0 Å². The second-order valence-corrected chi connectivity index (χ2v) is 5.65. The van der Waals surface area contributed by atoms with Crippen LogP contribution in [0.3, 0.4) is 0 Å². The molecule has 1 unspecified atom stereocenters. The second-order valence-electron chi connectivity index (χ2n) is 4.57. The smallest absolute Gasteiger partial charge is 0.262 e. The average Bonchev–Trinajstić information content (AvgIpc) is 3.13. The number of thiophene rings is 1. The number of carbonyl (C=O) groups excluding carboxylic acids is 1. The van der Waals surface area contributed by atoms with Gasteiger partial charge in [-0.05, 0) is 36.3 Å². The molecular weight excluding hydrogens is 244 g/mol. The van der Waals surface area contributed by atoms with Crippen molar-refractivity contribution < 1.29 is 4.79 Å². The van der Waals surface area contributed by atoms with Crippen molar-refractivity contribution in [3.05, 3.63) is 35.2 Å². The van der Waals surface area contributed by atoms with E-state index in [1.54, 1.807) is 0 Å². The van der Waals surface area contributed by atoms with Crippen molar-refractivity contribution in [1.29, 1.82) is 5.26 Å². The van der Waals surface area contributed by atoms with Crippen LogP contribution in [0.25, 0.3) is 10.1 Å². The highest BCUT2D eigenvalue weighted by molar-refractivity contribution is 7.20. The molecule has 1 atom stereocenters. The van der Waals surface area contributed by atoms with E-state index in [0.29, 0.717) is 10.8 Å². The molecule has 0 saturated heterocycles. The molecule has 4 heteroatoms. The van der Waals surface area contributed by atoms with Gasteiger partial charge in [-0.15, -0.1) is 11.3 Å². The summed E-state index contributed by atoms with van der Waals surface area (Å²) in [4.78, 5) is 12.7. The Labute approximate surface area is 109 Å². The van der Waals surface area contributed by atoms with E-state index >= 15 is 0 Å². The van der Waals surface area contributed by atoms with Crippen LogP contribution in [-0.4, -0.2) is 11.9 Å². The minimum atomic E-state index is -0.331. The number of carbonyl (C=O) groups is 1. The number of nitrogens with zero attached hydrogens (tertiary/aromatic N) is 1. The summed E-state index contributed by atoms with van der Waals surface area (Å²) >= 11 is 1.47. The van der Waals surface area contributed by atoms with Crippen LogP contribution < -0.4 is 5.32 Å². The third-order valence-corrected chi connectivity index (χ3v) is 4.28. The standard InChI is InChI=1S/C14H12N2OS/c15-8-11(9-5-6-9)16-14(17)13-7-10-3-1-2-4-12(10)18-13/h1-4,7,9,11H,5-6H2,(H,16,17). The highest BCUT2D eigenvalue weighted by Gasteiger charge is 2.32. The third-order valence-electron chi connectivity index (χ3n) is 3.17. The molecule has 1 aliphatic carbocycles. The molecule has 0 spiro atoms. The van der Waals surface area contributed by atoms with Crippen LogP contribution in [0.4, 0.5) is 0 Å². The molecule has 1 aliphatic rings. The molecule has 3 rings (SSSR count). The Kier molecular flexibility index (Phi) is 2.77. The van der Waals surface area contributed by atoms with E-state index < -0.39 is 0 Å². The quantitative estimate of drug-likeness (QED) is 0.918. The first-order valence-electron chi connectivity index (χ1n) is 5.97. The van der Waals surface area contributed by atoms with Crippen molar-refractivity contribution in [1.82, 2.24) is 5.32 Å². The normalized spacial score (nSPS) is 16.2. The molecule has 0 bridgehead atoms. The fourth-order valence-electron chi connectivity index (χ4n) is 1.99. The Morgan fingerprint density at radius 2 is 2.22 bits per heavy atom. The molecule has 1 amide bonds. The molecular formula is C14H12N2OS. The van der Waals surface area contributed by atoms with Crippen LogP contribution >= 0.6 is 11.3 Å². The number of hydrogen-bond donors (Lipinski definition) is 1. The maximum Gasteiger partial charge on any atom is 0.262 e. The van der Waals surface area contributed by atoms with E-state index in [1.165, 1.54) is 11.3 Å².